The first-order valence-electron chi connectivity index (χ1n) is 7.39. The minimum absolute atomic E-state index is 0.0671. The Morgan fingerprint density at radius 2 is 1.72 bits per heavy atom. The van der Waals surface area contributed by atoms with Gasteiger partial charge in [-0.15, -0.1) is 0 Å². The smallest absolute Gasteiger partial charge is 0.404 e. The number of carbonyl (C=O) groups excluding carboxylic acids is 1. The van der Waals surface area contributed by atoms with Crippen LogP contribution in [0.5, 0.6) is 0 Å². The molecule has 0 radical (unpaired) electrons. The van der Waals surface area contributed by atoms with Gasteiger partial charge in [0.15, 0.2) is 29.0 Å². The van der Waals surface area contributed by atoms with Gasteiger partial charge in [0.1, 0.15) is 22.5 Å². The molecule has 8 nitrogen and oxygen atoms in total. The fourth-order valence-corrected chi connectivity index (χ4v) is 2.69. The summed E-state index contributed by atoms with van der Waals surface area (Å²) in [4.78, 5) is 22.1. The van der Waals surface area contributed by atoms with Gasteiger partial charge in [-0.3, -0.25) is 4.79 Å². The van der Waals surface area contributed by atoms with Crippen LogP contribution in [0.4, 0.5) is 33.5 Å². The number of nitrogens with zero attached hydrogens (tertiary/aromatic N) is 3. The lowest BCUT2D eigenvalue weighted by Crippen LogP contribution is -2.16. The molecule has 1 N–H and O–H groups in total. The van der Waals surface area contributed by atoms with Gasteiger partial charge in [0, 0.05) is 0 Å². The average Bonchev–Trinajstić information content (AvgIpc) is 3.28. The number of carbonyl (C=O) groups is 1. The van der Waals surface area contributed by atoms with Crippen molar-refractivity contribution in [1.82, 2.24) is 9.78 Å². The van der Waals surface area contributed by atoms with Crippen LogP contribution in [0.2, 0.25) is 0 Å². The Balaban J connectivity index is 1.80. The maximum atomic E-state index is 13.6. The van der Waals surface area contributed by atoms with Crippen molar-refractivity contribution >= 4 is 33.3 Å². The third-order valence-electron chi connectivity index (χ3n) is 3.52. The molecule has 152 valence electrons. The number of rotatable bonds is 5. The third-order valence-corrected chi connectivity index (χ3v) is 4.08. The molecule has 14 heteroatoms. The summed E-state index contributed by atoms with van der Waals surface area (Å²) in [5.74, 6) is -13.4. The van der Waals surface area contributed by atoms with E-state index in [0.717, 1.165) is 10.7 Å². The number of anilines is 1. The van der Waals surface area contributed by atoms with Crippen molar-refractivity contribution in [3.05, 3.63) is 73.5 Å². The van der Waals surface area contributed by atoms with Crippen molar-refractivity contribution in [3.8, 4) is 0 Å². The fourth-order valence-electron chi connectivity index (χ4n) is 2.23. The first kappa shape index (κ1) is 20.4. The number of amides is 1. The van der Waals surface area contributed by atoms with Crippen molar-refractivity contribution in [2.75, 3.05) is 5.32 Å². The Labute approximate surface area is 165 Å². The zero-order valence-corrected chi connectivity index (χ0v) is 15.3. The van der Waals surface area contributed by atoms with Crippen molar-refractivity contribution in [3.63, 3.8) is 0 Å². The second kappa shape index (κ2) is 7.62. The quantitative estimate of drug-likeness (QED) is 0.194. The second-order valence-electron chi connectivity index (χ2n) is 5.42. The highest BCUT2D eigenvalue weighted by Gasteiger charge is 2.28. The van der Waals surface area contributed by atoms with E-state index in [-0.39, 0.29) is 16.8 Å². The van der Waals surface area contributed by atoms with Gasteiger partial charge in [0.25, 0.3) is 5.91 Å². The second-order valence-corrected chi connectivity index (χ2v) is 6.27. The van der Waals surface area contributed by atoms with E-state index in [1.807, 2.05) is 0 Å². The van der Waals surface area contributed by atoms with Crippen LogP contribution in [0, 0.1) is 39.2 Å². The Morgan fingerprint density at radius 1 is 1.14 bits per heavy atom. The molecule has 0 bridgehead atoms. The Hall–Kier alpha value is -3.29. The van der Waals surface area contributed by atoms with Crippen molar-refractivity contribution in [1.29, 1.82) is 0 Å². The van der Waals surface area contributed by atoms with E-state index < -0.39 is 57.2 Å². The number of aromatic nitrogens is 2. The number of nitro groups is 1. The maximum Gasteiger partial charge on any atom is 0.404 e. The molecule has 0 atom stereocenters. The molecule has 1 aromatic carbocycles. The minimum atomic E-state index is -2.36. The molecule has 0 aliphatic rings. The summed E-state index contributed by atoms with van der Waals surface area (Å²) in [6.07, 6.45) is 1.27. The Bertz CT molecular complexity index is 1120. The molecule has 0 saturated heterocycles. The molecule has 0 fully saturated rings. The van der Waals surface area contributed by atoms with Crippen molar-refractivity contribution in [2.45, 2.75) is 6.54 Å². The molecule has 0 unspecified atom stereocenters. The van der Waals surface area contributed by atoms with E-state index >= 15 is 0 Å². The summed E-state index contributed by atoms with van der Waals surface area (Å²) < 4.78 is 73.1. The number of halogens is 6. The molecular weight excluding hydrogens is 475 g/mol. The van der Waals surface area contributed by atoms with Crippen LogP contribution >= 0.6 is 15.9 Å². The maximum absolute atomic E-state index is 13.6. The van der Waals surface area contributed by atoms with Crippen molar-refractivity contribution in [2.24, 2.45) is 0 Å². The zero-order valence-electron chi connectivity index (χ0n) is 13.7. The average molecular weight is 481 g/mol. The predicted molar refractivity (Wildman–Crippen MR) is 88.6 cm³/mol. The first-order chi connectivity index (χ1) is 13.6. The van der Waals surface area contributed by atoms with E-state index in [4.69, 9.17) is 4.42 Å². The van der Waals surface area contributed by atoms with E-state index in [2.05, 4.69) is 21.0 Å². The third kappa shape index (κ3) is 3.83. The van der Waals surface area contributed by atoms with Crippen LogP contribution in [0.3, 0.4) is 0 Å². The number of benzene rings is 1. The summed E-state index contributed by atoms with van der Waals surface area (Å²) >= 11 is 2.95. The van der Waals surface area contributed by atoms with Gasteiger partial charge >= 0.3 is 5.82 Å². The molecule has 0 spiro atoms. The highest BCUT2D eigenvalue weighted by molar-refractivity contribution is 9.10. The number of furan rings is 1. The fraction of sp³-hybridized carbons (Fsp3) is 0.0667. The normalized spacial score (nSPS) is 11.0. The molecule has 2 heterocycles. The number of hydrogen-bond donors (Lipinski definition) is 1. The monoisotopic (exact) mass is 480 g/mol. The summed E-state index contributed by atoms with van der Waals surface area (Å²) in [5, 5.41) is 16.0. The molecule has 3 aromatic rings. The first-order valence-corrected chi connectivity index (χ1v) is 8.18. The topological polar surface area (TPSA) is 103 Å². The van der Waals surface area contributed by atoms with Crippen LogP contribution in [0.25, 0.3) is 0 Å². The van der Waals surface area contributed by atoms with Gasteiger partial charge in [-0.25, -0.2) is 22.0 Å². The van der Waals surface area contributed by atoms with Gasteiger partial charge in [-0.1, -0.05) is 0 Å². The SMILES string of the molecule is O=C(Nc1c(F)c(F)c(F)c(F)c1F)c1ccc(Cn2cc(Br)c([N+](=O)[O-])n2)o1. The Morgan fingerprint density at radius 3 is 2.28 bits per heavy atom. The van der Waals surface area contributed by atoms with E-state index in [1.54, 1.807) is 5.32 Å². The molecule has 1 amide bonds. The van der Waals surface area contributed by atoms with Gasteiger partial charge in [-0.2, -0.15) is 4.68 Å². The van der Waals surface area contributed by atoms with Crippen LogP contribution in [-0.2, 0) is 6.54 Å². The standard InChI is InChI=1S/C15H6BrF5N4O4/c16-6-4-24(23-14(6)25(27)28)3-5-1-2-7(29-5)15(26)22-13-11(20)9(18)8(17)10(19)12(13)21/h1-2,4H,3H2,(H,22,26). The van der Waals surface area contributed by atoms with E-state index in [1.165, 1.54) is 12.3 Å². The lowest BCUT2D eigenvalue weighted by atomic mass is 10.2. The summed E-state index contributed by atoms with van der Waals surface area (Å²) in [5.41, 5.74) is -1.53. The molecule has 0 aliphatic carbocycles. The molecular formula is C15H6BrF5N4O4. The molecule has 3 rings (SSSR count). The molecule has 0 aliphatic heterocycles. The summed E-state index contributed by atoms with van der Waals surface area (Å²) in [7, 11) is 0. The minimum Gasteiger partial charge on any atom is -0.454 e. The number of hydrogen-bond acceptors (Lipinski definition) is 5. The van der Waals surface area contributed by atoms with Gasteiger partial charge in [0.2, 0.25) is 5.82 Å². The van der Waals surface area contributed by atoms with Gasteiger partial charge in [0.05, 0.1) is 11.3 Å². The summed E-state index contributed by atoms with van der Waals surface area (Å²) in [6.45, 7) is -0.151. The van der Waals surface area contributed by atoms with Crippen molar-refractivity contribution < 1.29 is 36.1 Å². The zero-order chi connectivity index (χ0) is 21.5. The number of nitrogens with one attached hydrogen (secondary N) is 1. The van der Waals surface area contributed by atoms with Crippen LogP contribution < -0.4 is 5.32 Å². The molecule has 2 aromatic heterocycles. The predicted octanol–water partition coefficient (Wildman–Crippen LogP) is 4.14. The van der Waals surface area contributed by atoms with Gasteiger partial charge < -0.3 is 19.8 Å². The molecule has 29 heavy (non-hydrogen) atoms. The van der Waals surface area contributed by atoms with Crippen LogP contribution in [0.15, 0.2) is 27.2 Å². The molecule has 0 saturated carbocycles. The lowest BCUT2D eigenvalue weighted by Gasteiger charge is -2.08. The largest absolute Gasteiger partial charge is 0.454 e. The van der Waals surface area contributed by atoms with Gasteiger partial charge in [-0.05, 0) is 33.0 Å². The highest BCUT2D eigenvalue weighted by Crippen LogP contribution is 2.28. The lowest BCUT2D eigenvalue weighted by molar-refractivity contribution is -0.390. The van der Waals surface area contributed by atoms with Crippen LogP contribution in [0.1, 0.15) is 16.3 Å². The van der Waals surface area contributed by atoms with E-state index in [9.17, 15) is 36.9 Å². The Kier molecular flexibility index (Phi) is 5.37. The van der Waals surface area contributed by atoms with E-state index in [0.29, 0.717) is 0 Å². The summed E-state index contributed by atoms with van der Waals surface area (Å²) in [6, 6.07) is 2.33. The highest BCUT2D eigenvalue weighted by atomic mass is 79.9. The van der Waals surface area contributed by atoms with Crippen LogP contribution in [-0.4, -0.2) is 20.6 Å².